The van der Waals surface area contributed by atoms with Gasteiger partial charge < -0.3 is 16.0 Å². The van der Waals surface area contributed by atoms with Gasteiger partial charge in [-0.15, -0.1) is 5.10 Å². The molecule has 2 aromatic rings. The Morgan fingerprint density at radius 3 is 2.54 bits per heavy atom. The summed E-state index contributed by atoms with van der Waals surface area (Å²) in [6.45, 7) is 2.88. The molecule has 2 heterocycles. The van der Waals surface area contributed by atoms with Crippen molar-refractivity contribution in [2.75, 3.05) is 23.7 Å². The van der Waals surface area contributed by atoms with Crippen molar-refractivity contribution in [3.05, 3.63) is 35.7 Å². The van der Waals surface area contributed by atoms with E-state index in [4.69, 9.17) is 0 Å². The summed E-state index contributed by atoms with van der Waals surface area (Å²) in [7, 11) is 0. The topological polar surface area (TPSA) is 101 Å². The number of nitrogens with one attached hydrogen (secondary N) is 3. The molecule has 28 heavy (non-hydrogen) atoms. The highest BCUT2D eigenvalue weighted by molar-refractivity contribution is 6.06. The van der Waals surface area contributed by atoms with Crippen LogP contribution in [0.25, 0.3) is 0 Å². The Balaban J connectivity index is 1.82. The number of carbonyl (C=O) groups is 2. The fourth-order valence-corrected chi connectivity index (χ4v) is 2.94. The predicted octanol–water partition coefficient (Wildman–Crippen LogP) is 2.43. The van der Waals surface area contributed by atoms with E-state index in [1.54, 1.807) is 4.68 Å². The molecule has 3 N–H and O–H groups in total. The van der Waals surface area contributed by atoms with Crippen molar-refractivity contribution in [2.45, 2.75) is 32.0 Å². The third-order valence-corrected chi connectivity index (χ3v) is 4.33. The minimum atomic E-state index is -4.59. The second-order valence-electron chi connectivity index (χ2n) is 6.46. The van der Waals surface area contributed by atoms with Gasteiger partial charge in [-0.1, -0.05) is 5.21 Å². The molecular weight excluding hydrogens is 377 g/mol. The van der Waals surface area contributed by atoms with E-state index in [2.05, 4.69) is 26.3 Å². The van der Waals surface area contributed by atoms with Crippen LogP contribution in [0.3, 0.4) is 0 Å². The maximum Gasteiger partial charge on any atom is 0.416 e. The number of alkyl halides is 3. The normalized spacial score (nSPS) is 15.3. The third-order valence-electron chi connectivity index (χ3n) is 4.33. The highest BCUT2D eigenvalue weighted by atomic mass is 19.4. The zero-order valence-electron chi connectivity index (χ0n) is 15.0. The fourth-order valence-electron chi connectivity index (χ4n) is 2.94. The van der Waals surface area contributed by atoms with E-state index < -0.39 is 23.6 Å². The monoisotopic (exact) mass is 396 g/mol. The van der Waals surface area contributed by atoms with Gasteiger partial charge in [0.25, 0.3) is 5.91 Å². The average Bonchev–Trinajstić information content (AvgIpc) is 3.13. The van der Waals surface area contributed by atoms with E-state index in [1.165, 1.54) is 13.1 Å². The second-order valence-corrected chi connectivity index (χ2v) is 6.46. The van der Waals surface area contributed by atoms with Gasteiger partial charge in [0.05, 0.1) is 29.2 Å². The Bertz CT molecular complexity index is 874. The molecule has 0 radical (unpaired) electrons. The van der Waals surface area contributed by atoms with Crippen molar-refractivity contribution in [1.82, 2.24) is 20.3 Å². The number of benzene rings is 1. The first kappa shape index (κ1) is 19.8. The van der Waals surface area contributed by atoms with E-state index in [0.717, 1.165) is 44.1 Å². The fraction of sp³-hybridized carbons (Fsp3) is 0.412. The van der Waals surface area contributed by atoms with E-state index in [1.807, 2.05) is 0 Å². The molecule has 1 aromatic heterocycles. The van der Waals surface area contributed by atoms with E-state index in [9.17, 15) is 22.8 Å². The minimum absolute atomic E-state index is 0.0234. The van der Waals surface area contributed by atoms with Gasteiger partial charge in [-0.2, -0.15) is 13.2 Å². The number of nitrogens with zero attached hydrogens (tertiary/aromatic N) is 3. The van der Waals surface area contributed by atoms with Gasteiger partial charge in [-0.3, -0.25) is 9.59 Å². The van der Waals surface area contributed by atoms with Gasteiger partial charge in [0, 0.05) is 6.92 Å². The molecule has 1 aliphatic heterocycles. The third kappa shape index (κ3) is 4.66. The van der Waals surface area contributed by atoms with Crippen LogP contribution in [0.15, 0.2) is 24.4 Å². The molecule has 3 rings (SSSR count). The van der Waals surface area contributed by atoms with Gasteiger partial charge in [0.15, 0.2) is 5.69 Å². The van der Waals surface area contributed by atoms with Crippen LogP contribution in [-0.2, 0) is 11.0 Å². The summed E-state index contributed by atoms with van der Waals surface area (Å²) in [5.41, 5.74) is -1.09. The summed E-state index contributed by atoms with van der Waals surface area (Å²) in [4.78, 5) is 23.8. The molecule has 1 aliphatic rings. The maximum absolute atomic E-state index is 13.0. The smallest absolute Gasteiger partial charge is 0.325 e. The number of amides is 2. The van der Waals surface area contributed by atoms with Crippen LogP contribution in [0, 0.1) is 0 Å². The minimum Gasteiger partial charge on any atom is -0.325 e. The molecule has 1 fully saturated rings. The van der Waals surface area contributed by atoms with Crippen molar-refractivity contribution in [1.29, 1.82) is 0 Å². The molecule has 8 nitrogen and oxygen atoms in total. The summed E-state index contributed by atoms with van der Waals surface area (Å²) >= 11 is 0. The first-order chi connectivity index (χ1) is 13.2. The molecule has 0 bridgehead atoms. The molecule has 150 valence electrons. The summed E-state index contributed by atoms with van der Waals surface area (Å²) in [6, 6.07) is 2.79. The number of piperidine rings is 1. The summed E-state index contributed by atoms with van der Waals surface area (Å²) in [5, 5.41) is 15.8. The molecule has 1 aromatic carbocycles. The van der Waals surface area contributed by atoms with Crippen LogP contribution in [-0.4, -0.2) is 39.9 Å². The molecular formula is C17H19F3N6O2. The van der Waals surface area contributed by atoms with Crippen molar-refractivity contribution in [2.24, 2.45) is 0 Å². The zero-order valence-corrected chi connectivity index (χ0v) is 15.0. The maximum atomic E-state index is 13.0. The lowest BCUT2D eigenvalue weighted by atomic mass is 10.1. The van der Waals surface area contributed by atoms with Crippen LogP contribution in [0.4, 0.5) is 24.5 Å². The van der Waals surface area contributed by atoms with Gasteiger partial charge in [-0.05, 0) is 44.1 Å². The molecule has 0 aliphatic carbocycles. The molecule has 0 unspecified atom stereocenters. The number of hydrogen-bond donors (Lipinski definition) is 3. The summed E-state index contributed by atoms with van der Waals surface area (Å²) in [5.74, 6) is -1.20. The van der Waals surface area contributed by atoms with E-state index >= 15 is 0 Å². The first-order valence-corrected chi connectivity index (χ1v) is 8.67. The molecule has 2 amide bonds. The Morgan fingerprint density at radius 2 is 1.89 bits per heavy atom. The van der Waals surface area contributed by atoms with Crippen LogP contribution in [0.1, 0.15) is 41.9 Å². The van der Waals surface area contributed by atoms with Crippen LogP contribution < -0.4 is 16.0 Å². The molecule has 0 spiro atoms. The quantitative estimate of drug-likeness (QED) is 0.737. The second kappa shape index (κ2) is 7.97. The Kier molecular flexibility index (Phi) is 5.63. The summed E-state index contributed by atoms with van der Waals surface area (Å²) < 4.78 is 40.6. The molecule has 11 heteroatoms. The Morgan fingerprint density at radius 1 is 1.18 bits per heavy atom. The highest BCUT2D eigenvalue weighted by Crippen LogP contribution is 2.34. The van der Waals surface area contributed by atoms with E-state index in [0.29, 0.717) is 0 Å². The Labute approximate surface area is 158 Å². The van der Waals surface area contributed by atoms with Gasteiger partial charge in [0.1, 0.15) is 0 Å². The number of rotatable bonds is 4. The van der Waals surface area contributed by atoms with Crippen molar-refractivity contribution >= 4 is 23.2 Å². The molecule has 0 saturated carbocycles. The SMILES string of the molecule is CC(=O)Nc1ccc(C(F)(F)F)cc1NC(=O)c1cn(C2CCNCC2)nn1. The largest absolute Gasteiger partial charge is 0.416 e. The number of halogens is 3. The predicted molar refractivity (Wildman–Crippen MR) is 94.9 cm³/mol. The van der Waals surface area contributed by atoms with Crippen LogP contribution in [0.2, 0.25) is 0 Å². The number of anilines is 2. The van der Waals surface area contributed by atoms with Crippen molar-refractivity contribution in [3.63, 3.8) is 0 Å². The zero-order chi connectivity index (χ0) is 20.3. The van der Waals surface area contributed by atoms with Gasteiger partial charge in [0.2, 0.25) is 5.91 Å². The van der Waals surface area contributed by atoms with Crippen molar-refractivity contribution in [3.8, 4) is 0 Å². The van der Waals surface area contributed by atoms with Gasteiger partial charge >= 0.3 is 6.18 Å². The Hall–Kier alpha value is -2.95. The van der Waals surface area contributed by atoms with E-state index in [-0.39, 0.29) is 23.1 Å². The molecule has 0 atom stereocenters. The van der Waals surface area contributed by atoms with Crippen LogP contribution >= 0.6 is 0 Å². The number of aromatic nitrogens is 3. The summed E-state index contributed by atoms with van der Waals surface area (Å²) in [6.07, 6.45) is -1.45. The first-order valence-electron chi connectivity index (χ1n) is 8.67. The highest BCUT2D eigenvalue weighted by Gasteiger charge is 2.31. The number of carbonyl (C=O) groups excluding carboxylic acids is 2. The van der Waals surface area contributed by atoms with Crippen molar-refractivity contribution < 1.29 is 22.8 Å². The lowest BCUT2D eigenvalue weighted by Crippen LogP contribution is -2.29. The lowest BCUT2D eigenvalue weighted by Gasteiger charge is -2.22. The van der Waals surface area contributed by atoms with Gasteiger partial charge in [-0.25, -0.2) is 4.68 Å². The standard InChI is InChI=1S/C17H19F3N6O2/c1-10(27)22-13-3-2-11(17(18,19)20)8-14(13)23-16(28)15-9-26(25-24-15)12-4-6-21-7-5-12/h2-3,8-9,12,21H,4-7H2,1H3,(H,22,27)(H,23,28). The number of hydrogen-bond acceptors (Lipinski definition) is 5. The molecule has 1 saturated heterocycles. The lowest BCUT2D eigenvalue weighted by molar-refractivity contribution is -0.137. The average molecular weight is 396 g/mol. The van der Waals surface area contributed by atoms with Crippen LogP contribution in [0.5, 0.6) is 0 Å².